The molecule has 0 aromatic rings. The van der Waals surface area contributed by atoms with Gasteiger partial charge >= 0.3 is 0 Å². The molecule has 0 aromatic carbocycles. The molecule has 0 amide bonds. The second-order valence-corrected chi connectivity index (χ2v) is 12.5. The van der Waals surface area contributed by atoms with Gasteiger partial charge in [-0.25, -0.2) is 0 Å². The number of likely N-dealkylation sites (N-methyl/N-ethyl adjacent to an activating group) is 1. The maximum atomic E-state index is 7.02. The molecular weight excluding hydrogens is 450 g/mol. The van der Waals surface area contributed by atoms with Crippen molar-refractivity contribution >= 4 is 0 Å². The first-order chi connectivity index (χ1) is 17.0. The van der Waals surface area contributed by atoms with Gasteiger partial charge in [0.2, 0.25) is 0 Å². The van der Waals surface area contributed by atoms with Crippen LogP contribution in [0.4, 0.5) is 0 Å². The smallest absolute Gasteiger partial charge is 0.148 e. The first-order valence-electron chi connectivity index (χ1n) is 13.6. The third-order valence-corrected chi connectivity index (χ3v) is 12.3. The lowest BCUT2D eigenvalue weighted by atomic mass is 9.42. The van der Waals surface area contributed by atoms with Gasteiger partial charge in [0.05, 0.1) is 37.1 Å². The number of rotatable bonds is 7. The molecule has 2 saturated heterocycles. The van der Waals surface area contributed by atoms with Gasteiger partial charge in [0, 0.05) is 77.1 Å². The van der Waals surface area contributed by atoms with Gasteiger partial charge in [-0.05, 0) is 31.7 Å². The van der Waals surface area contributed by atoms with Gasteiger partial charge in [0.1, 0.15) is 18.0 Å². The van der Waals surface area contributed by atoms with E-state index in [4.69, 9.17) is 33.2 Å². The Hall–Kier alpha value is -0.320. The van der Waals surface area contributed by atoms with Crippen LogP contribution >= 0.6 is 0 Å². The van der Waals surface area contributed by atoms with Crippen molar-refractivity contribution in [3.05, 3.63) is 0 Å². The van der Waals surface area contributed by atoms with Crippen LogP contribution in [0.1, 0.15) is 32.6 Å². The summed E-state index contributed by atoms with van der Waals surface area (Å²) >= 11 is 0. The monoisotopic (exact) mass is 493 g/mol. The Labute approximate surface area is 209 Å². The van der Waals surface area contributed by atoms with E-state index < -0.39 is 11.2 Å². The van der Waals surface area contributed by atoms with E-state index in [-0.39, 0.29) is 53.1 Å². The minimum atomic E-state index is -0.594. The maximum absolute atomic E-state index is 7.02. The van der Waals surface area contributed by atoms with Gasteiger partial charge in [-0.1, -0.05) is 6.92 Å². The molecule has 8 heteroatoms. The van der Waals surface area contributed by atoms with Gasteiger partial charge in [-0.3, -0.25) is 4.90 Å². The third-order valence-electron chi connectivity index (χ3n) is 12.3. The summed E-state index contributed by atoms with van der Waals surface area (Å²) in [4.78, 5) is 2.71. The van der Waals surface area contributed by atoms with E-state index in [1.165, 1.54) is 0 Å². The second kappa shape index (κ2) is 7.63. The van der Waals surface area contributed by atoms with E-state index in [1.54, 1.807) is 0 Å². The summed E-state index contributed by atoms with van der Waals surface area (Å²) in [6, 6.07) is 0.167. The highest BCUT2D eigenvalue weighted by Gasteiger charge is 2.93. The summed E-state index contributed by atoms with van der Waals surface area (Å²) in [5.74, 6) is 1.25. The first-order valence-corrected chi connectivity index (χ1v) is 13.6. The minimum Gasteiger partial charge on any atom is -0.384 e. The molecule has 35 heavy (non-hydrogen) atoms. The number of ether oxygens (including phenoxy) is 7. The lowest BCUT2D eigenvalue weighted by Gasteiger charge is -2.70. The van der Waals surface area contributed by atoms with Gasteiger partial charge in [-0.15, -0.1) is 0 Å². The molecule has 198 valence electrons. The highest BCUT2D eigenvalue weighted by Crippen LogP contribution is 2.82. The molecule has 0 N–H and O–H groups in total. The third kappa shape index (κ3) is 2.25. The van der Waals surface area contributed by atoms with Crippen LogP contribution in [0.25, 0.3) is 0 Å². The fourth-order valence-corrected chi connectivity index (χ4v) is 12.0. The second-order valence-electron chi connectivity index (χ2n) is 12.5. The van der Waals surface area contributed by atoms with E-state index >= 15 is 0 Å². The Balaban J connectivity index is 1.56. The van der Waals surface area contributed by atoms with Crippen LogP contribution in [0.2, 0.25) is 0 Å². The highest BCUT2D eigenvalue weighted by atomic mass is 16.7. The van der Waals surface area contributed by atoms with E-state index in [2.05, 4.69) is 11.8 Å². The van der Waals surface area contributed by atoms with Crippen LogP contribution in [0, 0.1) is 34.5 Å². The standard InChI is InChI=1S/C27H43NO7/c1-7-28-12-24(13-29-2)9-8-18(31-4)26-16-10-15-17(30-3)11-25(19(16)20(15)32-5)27(23(26)28,35-14-34-25)22(33-6)21(24)26/h15-23H,7-14H2,1-6H3/t15?,16-,17+,18?,19-,20?,21-,22+,23?,24+,25-,26?,27?/m1/s1. The minimum absolute atomic E-state index is 0.00639. The molecule has 2 heterocycles. The first kappa shape index (κ1) is 23.8. The van der Waals surface area contributed by atoms with Crippen LogP contribution < -0.4 is 0 Å². The summed E-state index contributed by atoms with van der Waals surface area (Å²) in [7, 11) is 9.39. The lowest BCUT2D eigenvalue weighted by Crippen LogP contribution is -2.81. The van der Waals surface area contributed by atoms with Crippen molar-refractivity contribution in [1.29, 1.82) is 0 Å². The molecule has 2 aliphatic heterocycles. The molecular formula is C27H43NO7. The molecule has 7 fully saturated rings. The zero-order valence-electron chi connectivity index (χ0n) is 22.2. The van der Waals surface area contributed by atoms with Gasteiger partial charge < -0.3 is 33.2 Å². The van der Waals surface area contributed by atoms with E-state index in [1.807, 2.05) is 35.5 Å². The van der Waals surface area contributed by atoms with Crippen LogP contribution in [-0.4, -0.2) is 109 Å². The number of piperidine rings is 1. The molecule has 7 bridgehead atoms. The Kier molecular flexibility index (Phi) is 5.18. The van der Waals surface area contributed by atoms with Crippen molar-refractivity contribution < 1.29 is 33.2 Å². The molecule has 13 atom stereocenters. The van der Waals surface area contributed by atoms with Crippen molar-refractivity contribution in [2.24, 2.45) is 34.5 Å². The van der Waals surface area contributed by atoms with Gasteiger partial charge in [0.15, 0.2) is 0 Å². The molecule has 8 nitrogen and oxygen atoms in total. The maximum Gasteiger partial charge on any atom is 0.148 e. The van der Waals surface area contributed by atoms with Gasteiger partial charge in [-0.2, -0.15) is 0 Å². The van der Waals surface area contributed by atoms with Crippen molar-refractivity contribution in [1.82, 2.24) is 4.90 Å². The quantitative estimate of drug-likeness (QED) is 0.533. The molecule has 3 spiro atoms. The average molecular weight is 494 g/mol. The summed E-state index contributed by atoms with van der Waals surface area (Å²) in [6.45, 7) is 5.29. The molecule has 0 aromatic heterocycles. The largest absolute Gasteiger partial charge is 0.384 e. The number of hydrogen-bond acceptors (Lipinski definition) is 8. The zero-order valence-corrected chi connectivity index (χ0v) is 22.2. The highest BCUT2D eigenvalue weighted by molar-refractivity contribution is 5.43. The summed E-state index contributed by atoms with van der Waals surface area (Å²) < 4.78 is 45.7. The normalized spacial score (nSPS) is 59.7. The number of hydrogen-bond donors (Lipinski definition) is 0. The van der Waals surface area contributed by atoms with Crippen molar-refractivity contribution in [2.45, 2.75) is 74.3 Å². The van der Waals surface area contributed by atoms with Crippen molar-refractivity contribution in [2.75, 3.05) is 62.0 Å². The van der Waals surface area contributed by atoms with Crippen LogP contribution in [0.15, 0.2) is 0 Å². The number of methoxy groups -OCH3 is 5. The fourth-order valence-electron chi connectivity index (χ4n) is 12.0. The lowest BCUT2D eigenvalue weighted by molar-refractivity contribution is -0.287. The Morgan fingerprint density at radius 2 is 1.83 bits per heavy atom. The Morgan fingerprint density at radius 1 is 1.00 bits per heavy atom. The molecule has 7 rings (SSSR count). The SMILES string of the molecule is CCN1C[C@]2(COC)CCC(OC)C34C1C1(OCO[C@@]15C[C@H](OC)C1C[C@@H]3[C@@H]5C1OC)[C@@H](OC)[C@@H]42. The predicted octanol–water partition coefficient (Wildman–Crippen LogP) is 1.94. The van der Waals surface area contributed by atoms with Crippen LogP contribution in [-0.2, 0) is 33.2 Å². The molecule has 7 aliphatic rings. The van der Waals surface area contributed by atoms with Crippen LogP contribution in [0.3, 0.4) is 0 Å². The van der Waals surface area contributed by atoms with Crippen molar-refractivity contribution in [3.63, 3.8) is 0 Å². The molecule has 6 unspecified atom stereocenters. The molecule has 5 saturated carbocycles. The van der Waals surface area contributed by atoms with Crippen molar-refractivity contribution in [3.8, 4) is 0 Å². The average Bonchev–Trinajstić information content (AvgIpc) is 3.45. The summed E-state index contributed by atoms with van der Waals surface area (Å²) in [5, 5.41) is 0. The number of nitrogens with zero attached hydrogens (tertiary/aromatic N) is 1. The molecule has 5 aliphatic carbocycles. The topological polar surface area (TPSA) is 67.9 Å². The summed E-state index contributed by atoms with van der Waals surface area (Å²) in [6.07, 6.45) is 4.23. The Bertz CT molecular complexity index is 874. The van der Waals surface area contributed by atoms with E-state index in [0.717, 1.165) is 45.4 Å². The van der Waals surface area contributed by atoms with Gasteiger partial charge in [0.25, 0.3) is 0 Å². The van der Waals surface area contributed by atoms with E-state index in [9.17, 15) is 0 Å². The summed E-state index contributed by atoms with van der Waals surface area (Å²) in [5.41, 5.74) is -1.22. The zero-order chi connectivity index (χ0) is 24.4. The number of fused-ring (bicyclic) bond motifs is 1. The fraction of sp³-hybridized carbons (Fsp3) is 1.00. The predicted molar refractivity (Wildman–Crippen MR) is 126 cm³/mol. The number of likely N-dealkylation sites (tertiary alicyclic amines) is 1. The van der Waals surface area contributed by atoms with Crippen LogP contribution in [0.5, 0.6) is 0 Å². The Morgan fingerprint density at radius 3 is 2.49 bits per heavy atom. The van der Waals surface area contributed by atoms with E-state index in [0.29, 0.717) is 18.6 Å². The molecule has 0 radical (unpaired) electrons.